The molecule has 9 heavy (non-hydrogen) atoms. The van der Waals surface area contributed by atoms with Crippen molar-refractivity contribution in [3.63, 3.8) is 0 Å². The smallest absolute Gasteiger partial charge is 0.197 e. The van der Waals surface area contributed by atoms with Crippen molar-refractivity contribution in [3.05, 3.63) is 11.8 Å². The van der Waals surface area contributed by atoms with Gasteiger partial charge < -0.3 is 5.11 Å². The second kappa shape index (κ2) is 2.01. The third kappa shape index (κ3) is 1.16. The summed E-state index contributed by atoms with van der Waals surface area (Å²) < 4.78 is 0. The lowest BCUT2D eigenvalue weighted by molar-refractivity contribution is -0.123. The Morgan fingerprint density at radius 1 is 1.33 bits per heavy atom. The summed E-state index contributed by atoms with van der Waals surface area (Å²) in [6, 6.07) is 0. The summed E-state index contributed by atoms with van der Waals surface area (Å²) in [5.41, 5.74) is 0. The Labute approximate surface area is 52.0 Å². The van der Waals surface area contributed by atoms with Crippen LogP contribution in [0, 0.1) is 0 Å². The van der Waals surface area contributed by atoms with E-state index in [1.807, 2.05) is 0 Å². The predicted octanol–water partition coefficient (Wildman–Crippen LogP) is 0.360. The standard InChI is InChI=1S/C6H6O3/c7-4-1-2-5(8)6(9)3-4/h3,9H,1-2H2. The van der Waals surface area contributed by atoms with Gasteiger partial charge in [-0.1, -0.05) is 0 Å². The first-order chi connectivity index (χ1) is 4.20. The lowest BCUT2D eigenvalue weighted by Crippen LogP contribution is -2.12. The van der Waals surface area contributed by atoms with Crippen molar-refractivity contribution in [2.75, 3.05) is 0 Å². The molecular formula is C6H6O3. The molecule has 0 saturated carbocycles. The van der Waals surface area contributed by atoms with Gasteiger partial charge in [-0.05, 0) is 0 Å². The van der Waals surface area contributed by atoms with Gasteiger partial charge in [-0.2, -0.15) is 0 Å². The Kier molecular flexibility index (Phi) is 1.34. The maximum atomic E-state index is 10.5. The highest BCUT2D eigenvalue weighted by Crippen LogP contribution is 2.07. The third-order valence-electron chi connectivity index (χ3n) is 1.18. The highest BCUT2D eigenvalue weighted by molar-refractivity contribution is 6.06. The van der Waals surface area contributed by atoms with Crippen LogP contribution in [0.25, 0.3) is 0 Å². The topological polar surface area (TPSA) is 54.4 Å². The number of Topliss-reactive ketones (excluding diaryl/α,β-unsaturated/α-hetero) is 1. The third-order valence-corrected chi connectivity index (χ3v) is 1.18. The lowest BCUT2D eigenvalue weighted by atomic mass is 10.0. The van der Waals surface area contributed by atoms with Gasteiger partial charge in [0.1, 0.15) is 0 Å². The summed E-state index contributed by atoms with van der Waals surface area (Å²) in [6.07, 6.45) is 1.37. The summed E-state index contributed by atoms with van der Waals surface area (Å²) in [4.78, 5) is 20.9. The molecule has 0 aliphatic heterocycles. The molecule has 0 aromatic carbocycles. The van der Waals surface area contributed by atoms with Crippen LogP contribution in [0.3, 0.4) is 0 Å². The largest absolute Gasteiger partial charge is 0.504 e. The van der Waals surface area contributed by atoms with Crippen molar-refractivity contribution >= 4 is 11.6 Å². The molecule has 0 bridgehead atoms. The number of aliphatic hydroxyl groups is 1. The van der Waals surface area contributed by atoms with Crippen molar-refractivity contribution < 1.29 is 14.7 Å². The van der Waals surface area contributed by atoms with Gasteiger partial charge in [0, 0.05) is 18.9 Å². The number of ketones is 2. The number of aliphatic hydroxyl groups excluding tert-OH is 1. The Hall–Kier alpha value is -1.12. The summed E-state index contributed by atoms with van der Waals surface area (Å²) >= 11 is 0. The van der Waals surface area contributed by atoms with Gasteiger partial charge >= 0.3 is 0 Å². The molecule has 0 heterocycles. The van der Waals surface area contributed by atoms with E-state index in [4.69, 9.17) is 5.11 Å². The summed E-state index contributed by atoms with van der Waals surface area (Å²) in [7, 11) is 0. The maximum Gasteiger partial charge on any atom is 0.197 e. The van der Waals surface area contributed by atoms with Crippen LogP contribution in [0.5, 0.6) is 0 Å². The zero-order valence-electron chi connectivity index (χ0n) is 4.76. The SMILES string of the molecule is O=C1C=C(O)C(=O)CC1. The van der Waals surface area contributed by atoms with E-state index >= 15 is 0 Å². The van der Waals surface area contributed by atoms with E-state index < -0.39 is 5.76 Å². The molecule has 0 saturated heterocycles. The van der Waals surface area contributed by atoms with Gasteiger partial charge in [0.15, 0.2) is 17.3 Å². The maximum absolute atomic E-state index is 10.5. The molecule has 0 atom stereocenters. The van der Waals surface area contributed by atoms with Crippen molar-refractivity contribution in [1.82, 2.24) is 0 Å². The van der Waals surface area contributed by atoms with Gasteiger partial charge in [0.25, 0.3) is 0 Å². The van der Waals surface area contributed by atoms with Gasteiger partial charge in [-0.3, -0.25) is 9.59 Å². The fourth-order valence-corrected chi connectivity index (χ4v) is 0.670. The summed E-state index contributed by atoms with van der Waals surface area (Å²) in [5, 5.41) is 8.64. The lowest BCUT2D eigenvalue weighted by Gasteiger charge is -2.02. The van der Waals surface area contributed by atoms with E-state index in [-0.39, 0.29) is 24.4 Å². The summed E-state index contributed by atoms with van der Waals surface area (Å²) in [6.45, 7) is 0. The number of carbonyl (C=O) groups is 2. The molecule has 1 aliphatic carbocycles. The van der Waals surface area contributed by atoms with Gasteiger partial charge in [0.2, 0.25) is 0 Å². The first-order valence-corrected chi connectivity index (χ1v) is 2.67. The van der Waals surface area contributed by atoms with Crippen LogP contribution < -0.4 is 0 Å². The van der Waals surface area contributed by atoms with Crippen LogP contribution in [0.1, 0.15) is 12.8 Å². The minimum atomic E-state index is -0.397. The van der Waals surface area contributed by atoms with Crippen molar-refractivity contribution in [3.8, 4) is 0 Å². The van der Waals surface area contributed by atoms with Gasteiger partial charge in [-0.15, -0.1) is 0 Å². The number of hydrogen-bond donors (Lipinski definition) is 1. The van der Waals surface area contributed by atoms with E-state index in [0.29, 0.717) is 0 Å². The minimum Gasteiger partial charge on any atom is -0.504 e. The van der Waals surface area contributed by atoms with Crippen LogP contribution in [0.4, 0.5) is 0 Å². The van der Waals surface area contributed by atoms with E-state index in [2.05, 4.69) is 0 Å². The number of rotatable bonds is 0. The number of carbonyl (C=O) groups excluding carboxylic acids is 2. The van der Waals surface area contributed by atoms with Crippen LogP contribution in [-0.4, -0.2) is 16.7 Å². The first-order valence-electron chi connectivity index (χ1n) is 2.67. The van der Waals surface area contributed by atoms with Crippen LogP contribution in [-0.2, 0) is 9.59 Å². The van der Waals surface area contributed by atoms with E-state index in [0.717, 1.165) is 6.08 Å². The Bertz CT molecular complexity index is 190. The highest BCUT2D eigenvalue weighted by Gasteiger charge is 2.16. The molecule has 0 spiro atoms. The second-order valence-corrected chi connectivity index (χ2v) is 1.92. The number of allylic oxidation sites excluding steroid dienone is 2. The molecule has 0 unspecified atom stereocenters. The molecular weight excluding hydrogens is 120 g/mol. The molecule has 0 amide bonds. The monoisotopic (exact) mass is 126 g/mol. The highest BCUT2D eigenvalue weighted by atomic mass is 16.3. The van der Waals surface area contributed by atoms with Crippen molar-refractivity contribution in [2.24, 2.45) is 0 Å². The van der Waals surface area contributed by atoms with Gasteiger partial charge in [-0.25, -0.2) is 0 Å². The fraction of sp³-hybridized carbons (Fsp3) is 0.333. The Morgan fingerprint density at radius 2 is 2.00 bits per heavy atom. The average Bonchev–Trinajstić information content (AvgIpc) is 1.80. The van der Waals surface area contributed by atoms with Crippen LogP contribution in [0.2, 0.25) is 0 Å². The molecule has 0 aromatic heterocycles. The number of hydrogen-bond acceptors (Lipinski definition) is 3. The normalized spacial score (nSPS) is 19.8. The van der Waals surface area contributed by atoms with E-state index in [1.165, 1.54) is 0 Å². The molecule has 48 valence electrons. The quantitative estimate of drug-likeness (QED) is 0.509. The second-order valence-electron chi connectivity index (χ2n) is 1.92. The van der Waals surface area contributed by atoms with Crippen LogP contribution >= 0.6 is 0 Å². The first kappa shape index (κ1) is 6.01. The van der Waals surface area contributed by atoms with E-state index in [9.17, 15) is 9.59 Å². The summed E-state index contributed by atoms with van der Waals surface area (Å²) in [5.74, 6) is -0.909. The molecule has 0 radical (unpaired) electrons. The molecule has 0 fully saturated rings. The zero-order valence-corrected chi connectivity index (χ0v) is 4.76. The average molecular weight is 126 g/mol. The fourth-order valence-electron chi connectivity index (χ4n) is 0.670. The molecule has 1 aliphatic rings. The zero-order chi connectivity index (χ0) is 6.85. The van der Waals surface area contributed by atoms with E-state index in [1.54, 1.807) is 0 Å². The predicted molar refractivity (Wildman–Crippen MR) is 30.0 cm³/mol. The molecule has 1 rings (SSSR count). The Balaban J connectivity index is 2.84. The molecule has 3 heteroatoms. The van der Waals surface area contributed by atoms with Gasteiger partial charge in [0.05, 0.1) is 0 Å². The molecule has 1 N–H and O–H groups in total. The molecule has 3 nitrogen and oxygen atoms in total. The van der Waals surface area contributed by atoms with Crippen molar-refractivity contribution in [2.45, 2.75) is 12.8 Å². The molecule has 0 aromatic rings. The van der Waals surface area contributed by atoms with Crippen LogP contribution in [0.15, 0.2) is 11.8 Å². The Morgan fingerprint density at radius 3 is 2.44 bits per heavy atom. The van der Waals surface area contributed by atoms with Crippen molar-refractivity contribution in [1.29, 1.82) is 0 Å². The minimum absolute atomic E-state index is 0.154.